The fraction of sp³-hybridized carbons (Fsp3) is 0.167. The first kappa shape index (κ1) is 10.4. The van der Waals surface area contributed by atoms with E-state index in [4.69, 9.17) is 5.73 Å². The van der Waals surface area contributed by atoms with E-state index in [1.54, 1.807) is 18.3 Å². The lowest BCUT2D eigenvalue weighted by Gasteiger charge is -2.05. The predicted molar refractivity (Wildman–Crippen MR) is 65.0 cm³/mol. The summed E-state index contributed by atoms with van der Waals surface area (Å²) in [6, 6.07) is 9.51. The van der Waals surface area contributed by atoms with Crippen molar-refractivity contribution < 1.29 is 0 Å². The molecule has 0 fully saturated rings. The van der Waals surface area contributed by atoms with E-state index in [2.05, 4.69) is 15.3 Å². The first-order valence-electron chi connectivity index (χ1n) is 5.12. The summed E-state index contributed by atoms with van der Waals surface area (Å²) >= 11 is 0. The summed E-state index contributed by atoms with van der Waals surface area (Å²) in [4.78, 5) is 8.55. The molecule has 0 aliphatic carbocycles. The summed E-state index contributed by atoms with van der Waals surface area (Å²) in [5.74, 6) is 0.767. The largest absolute Gasteiger partial charge is 0.399 e. The van der Waals surface area contributed by atoms with E-state index in [9.17, 15) is 0 Å². The zero-order valence-electron chi connectivity index (χ0n) is 9.14. The molecule has 0 aromatic carbocycles. The molecule has 0 saturated heterocycles. The van der Waals surface area contributed by atoms with Crippen LogP contribution in [0, 0.1) is 6.92 Å². The molecule has 2 aromatic rings. The van der Waals surface area contributed by atoms with E-state index < -0.39 is 0 Å². The zero-order valence-corrected chi connectivity index (χ0v) is 9.14. The van der Waals surface area contributed by atoms with Gasteiger partial charge in [0, 0.05) is 23.6 Å². The third kappa shape index (κ3) is 2.70. The molecule has 0 bridgehead atoms. The quantitative estimate of drug-likeness (QED) is 0.820. The molecular weight excluding hydrogens is 200 g/mol. The van der Waals surface area contributed by atoms with Crippen LogP contribution in [-0.2, 0) is 6.54 Å². The summed E-state index contributed by atoms with van der Waals surface area (Å²) in [5.41, 5.74) is 8.36. The van der Waals surface area contributed by atoms with Gasteiger partial charge in [0.15, 0.2) is 0 Å². The van der Waals surface area contributed by atoms with E-state index in [0.29, 0.717) is 12.2 Å². The van der Waals surface area contributed by atoms with E-state index in [0.717, 1.165) is 17.2 Å². The molecule has 2 heterocycles. The van der Waals surface area contributed by atoms with Crippen LogP contribution < -0.4 is 11.1 Å². The summed E-state index contributed by atoms with van der Waals surface area (Å²) in [6.45, 7) is 2.63. The van der Waals surface area contributed by atoms with Crippen molar-refractivity contribution in [3.63, 3.8) is 0 Å². The van der Waals surface area contributed by atoms with Gasteiger partial charge >= 0.3 is 0 Å². The van der Waals surface area contributed by atoms with Gasteiger partial charge in [-0.2, -0.15) is 0 Å². The lowest BCUT2D eigenvalue weighted by Crippen LogP contribution is -2.04. The minimum atomic E-state index is 0.651. The van der Waals surface area contributed by atoms with Crippen LogP contribution in [0.25, 0.3) is 0 Å². The monoisotopic (exact) mass is 214 g/mol. The van der Waals surface area contributed by atoms with Crippen molar-refractivity contribution in [3.8, 4) is 0 Å². The number of pyridine rings is 2. The number of nitrogens with zero attached hydrogens (tertiary/aromatic N) is 2. The molecule has 0 radical (unpaired) electrons. The minimum absolute atomic E-state index is 0.651. The van der Waals surface area contributed by atoms with Crippen LogP contribution in [0.15, 0.2) is 36.5 Å². The van der Waals surface area contributed by atoms with Crippen molar-refractivity contribution in [2.45, 2.75) is 13.5 Å². The Hall–Kier alpha value is -2.10. The summed E-state index contributed by atoms with van der Waals surface area (Å²) in [7, 11) is 0. The fourth-order valence-corrected chi connectivity index (χ4v) is 1.42. The molecule has 0 saturated carbocycles. The van der Waals surface area contributed by atoms with Gasteiger partial charge in [0.25, 0.3) is 0 Å². The Bertz CT molecular complexity index is 436. The molecule has 4 nitrogen and oxygen atoms in total. The second-order valence-corrected chi connectivity index (χ2v) is 3.60. The van der Waals surface area contributed by atoms with E-state index in [1.807, 2.05) is 25.1 Å². The molecule has 0 aliphatic rings. The van der Waals surface area contributed by atoms with Crippen LogP contribution in [-0.4, -0.2) is 9.97 Å². The third-order valence-corrected chi connectivity index (χ3v) is 2.18. The fourth-order valence-electron chi connectivity index (χ4n) is 1.42. The molecule has 16 heavy (non-hydrogen) atoms. The Morgan fingerprint density at radius 1 is 1.31 bits per heavy atom. The van der Waals surface area contributed by atoms with Gasteiger partial charge < -0.3 is 11.1 Å². The van der Waals surface area contributed by atoms with E-state index >= 15 is 0 Å². The van der Waals surface area contributed by atoms with Crippen molar-refractivity contribution in [2.75, 3.05) is 11.1 Å². The number of hydrogen-bond donors (Lipinski definition) is 2. The molecule has 2 rings (SSSR count). The lowest BCUT2D eigenvalue weighted by molar-refractivity contribution is 1.00. The Labute approximate surface area is 94.5 Å². The van der Waals surface area contributed by atoms with E-state index in [1.165, 1.54) is 0 Å². The van der Waals surface area contributed by atoms with Gasteiger partial charge in [0.2, 0.25) is 0 Å². The van der Waals surface area contributed by atoms with Crippen molar-refractivity contribution in [2.24, 2.45) is 0 Å². The molecule has 0 unspecified atom stereocenters. The maximum Gasteiger partial charge on any atom is 0.128 e. The first-order chi connectivity index (χ1) is 7.74. The van der Waals surface area contributed by atoms with Crippen LogP contribution in [0.1, 0.15) is 11.4 Å². The number of nitrogens with one attached hydrogen (secondary N) is 1. The lowest BCUT2D eigenvalue weighted by atomic mass is 10.3. The molecule has 0 aliphatic heterocycles. The highest BCUT2D eigenvalue weighted by Crippen LogP contribution is 2.09. The number of anilines is 2. The zero-order chi connectivity index (χ0) is 11.4. The summed E-state index contributed by atoms with van der Waals surface area (Å²) < 4.78 is 0. The van der Waals surface area contributed by atoms with Crippen molar-refractivity contribution in [1.29, 1.82) is 0 Å². The Morgan fingerprint density at radius 2 is 2.19 bits per heavy atom. The van der Waals surface area contributed by atoms with Gasteiger partial charge in [-0.25, -0.2) is 4.98 Å². The number of nitrogens with two attached hydrogens (primary N) is 1. The molecule has 0 atom stereocenters. The van der Waals surface area contributed by atoms with Crippen LogP contribution in [0.2, 0.25) is 0 Å². The van der Waals surface area contributed by atoms with Gasteiger partial charge in [-0.05, 0) is 25.1 Å². The number of aryl methyl sites for hydroxylation is 1. The molecule has 0 spiro atoms. The Balaban J connectivity index is 2.02. The maximum absolute atomic E-state index is 5.66. The minimum Gasteiger partial charge on any atom is -0.399 e. The summed E-state index contributed by atoms with van der Waals surface area (Å²) in [5, 5.41) is 3.18. The number of hydrogen-bond acceptors (Lipinski definition) is 4. The molecule has 4 heteroatoms. The normalized spacial score (nSPS) is 10.1. The number of aromatic nitrogens is 2. The smallest absolute Gasteiger partial charge is 0.128 e. The van der Waals surface area contributed by atoms with Gasteiger partial charge in [0.1, 0.15) is 5.82 Å². The first-order valence-corrected chi connectivity index (χ1v) is 5.12. The maximum atomic E-state index is 5.66. The van der Waals surface area contributed by atoms with Crippen LogP contribution in [0.3, 0.4) is 0 Å². The topological polar surface area (TPSA) is 63.8 Å². The third-order valence-electron chi connectivity index (χ3n) is 2.18. The Morgan fingerprint density at radius 3 is 2.94 bits per heavy atom. The van der Waals surface area contributed by atoms with Gasteiger partial charge in [0.05, 0.1) is 12.2 Å². The molecule has 3 N–H and O–H groups in total. The second-order valence-electron chi connectivity index (χ2n) is 3.60. The van der Waals surface area contributed by atoms with Crippen LogP contribution >= 0.6 is 0 Å². The van der Waals surface area contributed by atoms with Crippen molar-refractivity contribution in [1.82, 2.24) is 9.97 Å². The van der Waals surface area contributed by atoms with Crippen molar-refractivity contribution >= 4 is 11.5 Å². The van der Waals surface area contributed by atoms with Crippen LogP contribution in [0.4, 0.5) is 11.5 Å². The van der Waals surface area contributed by atoms with Gasteiger partial charge in [-0.3, -0.25) is 4.98 Å². The van der Waals surface area contributed by atoms with Crippen LogP contribution in [0.5, 0.6) is 0 Å². The predicted octanol–water partition coefficient (Wildman–Crippen LogP) is 1.98. The standard InChI is InChI=1S/C12H14N4/c1-9-3-2-4-11(16-9)8-15-12-7-10(13)5-6-14-12/h2-7H,8H2,1H3,(H3,13,14,15). The Kier molecular flexibility index (Phi) is 3.00. The molecular formula is C12H14N4. The number of rotatable bonds is 3. The molecule has 82 valence electrons. The van der Waals surface area contributed by atoms with Gasteiger partial charge in [-0.1, -0.05) is 6.07 Å². The average molecular weight is 214 g/mol. The SMILES string of the molecule is Cc1cccc(CNc2cc(N)ccn2)n1. The second kappa shape index (κ2) is 4.61. The van der Waals surface area contributed by atoms with E-state index in [-0.39, 0.29) is 0 Å². The highest BCUT2D eigenvalue weighted by molar-refractivity contribution is 5.48. The molecule has 0 amide bonds. The highest BCUT2D eigenvalue weighted by Gasteiger charge is 1.97. The van der Waals surface area contributed by atoms with Crippen molar-refractivity contribution in [3.05, 3.63) is 47.9 Å². The number of nitrogen functional groups attached to an aromatic ring is 1. The summed E-state index contributed by atoms with van der Waals surface area (Å²) in [6.07, 6.45) is 1.68. The highest BCUT2D eigenvalue weighted by atomic mass is 15.0. The molecule has 2 aromatic heterocycles. The average Bonchev–Trinajstić information content (AvgIpc) is 2.27. The van der Waals surface area contributed by atoms with Gasteiger partial charge in [-0.15, -0.1) is 0 Å².